The van der Waals surface area contributed by atoms with E-state index in [1.165, 1.54) is 12.1 Å². The predicted molar refractivity (Wildman–Crippen MR) is 87.3 cm³/mol. The van der Waals surface area contributed by atoms with E-state index in [1.54, 1.807) is 6.07 Å². The maximum absolute atomic E-state index is 13.4. The number of amides is 1. The van der Waals surface area contributed by atoms with Crippen LogP contribution < -0.4 is 5.32 Å². The van der Waals surface area contributed by atoms with Gasteiger partial charge >= 0.3 is 0 Å². The van der Waals surface area contributed by atoms with Gasteiger partial charge in [0.15, 0.2) is 0 Å². The molecule has 2 aromatic rings. The number of rotatable bonds is 3. The highest BCUT2D eigenvalue weighted by molar-refractivity contribution is 9.10. The predicted octanol–water partition coefficient (Wildman–Crippen LogP) is 5.27. The standard InChI is InChI=1S/C17H17BrFNO/c1-10(2)15-6-4-5-11(3)16(15)20-17(21)12-7-13(18)9-14(19)8-12/h4-10H,1-3H3,(H,20,21). The van der Waals surface area contributed by atoms with Crippen LogP contribution in [0.25, 0.3) is 0 Å². The zero-order valence-corrected chi connectivity index (χ0v) is 13.8. The van der Waals surface area contributed by atoms with Crippen molar-refractivity contribution in [3.63, 3.8) is 0 Å². The maximum Gasteiger partial charge on any atom is 0.255 e. The van der Waals surface area contributed by atoms with Crippen molar-refractivity contribution >= 4 is 27.5 Å². The highest BCUT2D eigenvalue weighted by atomic mass is 79.9. The molecule has 110 valence electrons. The lowest BCUT2D eigenvalue weighted by Gasteiger charge is -2.16. The molecule has 0 aromatic heterocycles. The molecule has 0 unspecified atom stereocenters. The van der Waals surface area contributed by atoms with Gasteiger partial charge in [0.1, 0.15) is 5.82 Å². The third kappa shape index (κ3) is 3.70. The summed E-state index contributed by atoms with van der Waals surface area (Å²) >= 11 is 3.20. The Balaban J connectivity index is 2.36. The van der Waals surface area contributed by atoms with Gasteiger partial charge in [0.05, 0.1) is 0 Å². The topological polar surface area (TPSA) is 29.1 Å². The number of para-hydroxylation sites is 1. The van der Waals surface area contributed by atoms with Crippen LogP contribution in [-0.4, -0.2) is 5.91 Å². The van der Waals surface area contributed by atoms with E-state index in [9.17, 15) is 9.18 Å². The maximum atomic E-state index is 13.4. The highest BCUT2D eigenvalue weighted by Gasteiger charge is 2.14. The first-order chi connectivity index (χ1) is 9.88. The molecule has 4 heteroatoms. The smallest absolute Gasteiger partial charge is 0.255 e. The normalized spacial score (nSPS) is 10.8. The molecule has 21 heavy (non-hydrogen) atoms. The van der Waals surface area contributed by atoms with Gasteiger partial charge in [-0.25, -0.2) is 4.39 Å². The lowest BCUT2D eigenvalue weighted by Crippen LogP contribution is -2.15. The minimum absolute atomic E-state index is 0.291. The van der Waals surface area contributed by atoms with Crippen molar-refractivity contribution in [2.45, 2.75) is 26.7 Å². The Morgan fingerprint density at radius 3 is 2.57 bits per heavy atom. The number of hydrogen-bond donors (Lipinski definition) is 1. The van der Waals surface area contributed by atoms with Crippen molar-refractivity contribution in [2.75, 3.05) is 5.32 Å². The van der Waals surface area contributed by atoms with Gasteiger partial charge in [-0.1, -0.05) is 48.0 Å². The summed E-state index contributed by atoms with van der Waals surface area (Å²) in [5.41, 5.74) is 3.15. The van der Waals surface area contributed by atoms with Crippen molar-refractivity contribution < 1.29 is 9.18 Å². The zero-order valence-electron chi connectivity index (χ0n) is 12.2. The minimum Gasteiger partial charge on any atom is -0.321 e. The lowest BCUT2D eigenvalue weighted by atomic mass is 9.98. The molecule has 2 aromatic carbocycles. The summed E-state index contributed by atoms with van der Waals surface area (Å²) in [5.74, 6) is -0.464. The number of benzene rings is 2. The lowest BCUT2D eigenvalue weighted by molar-refractivity contribution is 0.102. The molecule has 0 saturated heterocycles. The SMILES string of the molecule is Cc1cccc(C(C)C)c1NC(=O)c1cc(F)cc(Br)c1. The third-order valence-corrected chi connectivity index (χ3v) is 3.75. The Morgan fingerprint density at radius 1 is 1.24 bits per heavy atom. The van der Waals surface area contributed by atoms with Gasteiger partial charge in [-0.3, -0.25) is 4.79 Å². The molecule has 0 fully saturated rings. The van der Waals surface area contributed by atoms with Crippen LogP contribution in [0, 0.1) is 12.7 Å². The second-order valence-corrected chi connectivity index (χ2v) is 6.22. The molecule has 0 saturated carbocycles. The van der Waals surface area contributed by atoms with Gasteiger partial charge in [-0.05, 0) is 42.2 Å². The number of hydrogen-bond acceptors (Lipinski definition) is 1. The number of aryl methyl sites for hydroxylation is 1. The summed E-state index contributed by atoms with van der Waals surface area (Å²) in [7, 11) is 0. The van der Waals surface area contributed by atoms with Gasteiger partial charge < -0.3 is 5.32 Å². The molecule has 1 N–H and O–H groups in total. The molecule has 2 nitrogen and oxygen atoms in total. The van der Waals surface area contributed by atoms with E-state index in [0.29, 0.717) is 16.0 Å². The molecular formula is C17H17BrFNO. The van der Waals surface area contributed by atoms with Crippen LogP contribution in [-0.2, 0) is 0 Å². The fourth-order valence-corrected chi connectivity index (χ4v) is 2.68. The number of nitrogens with one attached hydrogen (secondary N) is 1. The second kappa shape index (κ2) is 6.39. The number of carbonyl (C=O) groups is 1. The summed E-state index contributed by atoms with van der Waals surface area (Å²) in [5, 5.41) is 2.90. The summed E-state index contributed by atoms with van der Waals surface area (Å²) < 4.78 is 13.9. The first kappa shape index (κ1) is 15.7. The van der Waals surface area contributed by atoms with Crippen molar-refractivity contribution in [3.8, 4) is 0 Å². The van der Waals surface area contributed by atoms with E-state index in [0.717, 1.165) is 16.8 Å². The molecule has 0 radical (unpaired) electrons. The van der Waals surface area contributed by atoms with Crippen LogP contribution >= 0.6 is 15.9 Å². The number of carbonyl (C=O) groups excluding carboxylic acids is 1. The van der Waals surface area contributed by atoms with E-state index < -0.39 is 5.82 Å². The number of halogens is 2. The van der Waals surface area contributed by atoms with Crippen molar-refractivity contribution in [1.29, 1.82) is 0 Å². The fourth-order valence-electron chi connectivity index (χ4n) is 2.21. The van der Waals surface area contributed by atoms with E-state index in [1.807, 2.05) is 25.1 Å². The first-order valence-electron chi connectivity index (χ1n) is 6.75. The summed E-state index contributed by atoms with van der Waals surface area (Å²) in [6.07, 6.45) is 0. The largest absolute Gasteiger partial charge is 0.321 e. The van der Waals surface area contributed by atoms with Crippen LogP contribution in [0.2, 0.25) is 0 Å². The second-order valence-electron chi connectivity index (χ2n) is 5.31. The van der Waals surface area contributed by atoms with Gasteiger partial charge in [-0.2, -0.15) is 0 Å². The Labute approximate surface area is 132 Å². The van der Waals surface area contributed by atoms with Crippen molar-refractivity contribution in [2.24, 2.45) is 0 Å². The van der Waals surface area contributed by atoms with Crippen LogP contribution in [0.1, 0.15) is 41.3 Å². The average Bonchev–Trinajstić information content (AvgIpc) is 2.39. The molecule has 0 bridgehead atoms. The van der Waals surface area contributed by atoms with Crippen LogP contribution in [0.15, 0.2) is 40.9 Å². The van der Waals surface area contributed by atoms with Gasteiger partial charge in [-0.15, -0.1) is 0 Å². The third-order valence-electron chi connectivity index (χ3n) is 3.29. The molecule has 0 spiro atoms. The zero-order chi connectivity index (χ0) is 15.6. The Bertz CT molecular complexity index is 662. The van der Waals surface area contributed by atoms with E-state index in [4.69, 9.17) is 0 Å². The van der Waals surface area contributed by atoms with Gasteiger partial charge in [0.25, 0.3) is 5.91 Å². The highest BCUT2D eigenvalue weighted by Crippen LogP contribution is 2.28. The quantitative estimate of drug-likeness (QED) is 0.803. The number of anilines is 1. The van der Waals surface area contributed by atoms with Gasteiger partial charge in [0.2, 0.25) is 0 Å². The van der Waals surface area contributed by atoms with Crippen LogP contribution in [0.3, 0.4) is 0 Å². The minimum atomic E-state index is -0.441. The Kier molecular flexibility index (Phi) is 4.78. The van der Waals surface area contributed by atoms with Crippen molar-refractivity contribution in [3.05, 3.63) is 63.4 Å². The molecule has 0 aliphatic carbocycles. The molecule has 0 heterocycles. The van der Waals surface area contributed by atoms with E-state index in [-0.39, 0.29) is 5.91 Å². The molecule has 0 atom stereocenters. The summed E-state index contributed by atoms with van der Waals surface area (Å²) in [4.78, 5) is 12.3. The van der Waals surface area contributed by atoms with Crippen LogP contribution in [0.4, 0.5) is 10.1 Å². The van der Waals surface area contributed by atoms with Gasteiger partial charge in [0, 0.05) is 15.7 Å². The van der Waals surface area contributed by atoms with Crippen LogP contribution in [0.5, 0.6) is 0 Å². The molecule has 0 aliphatic rings. The average molecular weight is 350 g/mol. The van der Waals surface area contributed by atoms with E-state index >= 15 is 0 Å². The van der Waals surface area contributed by atoms with Crippen molar-refractivity contribution in [1.82, 2.24) is 0 Å². The molecular weight excluding hydrogens is 333 g/mol. The Hall–Kier alpha value is -1.68. The molecule has 1 amide bonds. The summed E-state index contributed by atoms with van der Waals surface area (Å²) in [6.45, 7) is 6.09. The molecule has 0 aliphatic heterocycles. The first-order valence-corrected chi connectivity index (χ1v) is 7.54. The summed E-state index contributed by atoms with van der Waals surface area (Å²) in [6, 6.07) is 10.1. The van der Waals surface area contributed by atoms with E-state index in [2.05, 4.69) is 35.1 Å². The Morgan fingerprint density at radius 2 is 1.95 bits per heavy atom. The fraction of sp³-hybridized carbons (Fsp3) is 0.235. The monoisotopic (exact) mass is 349 g/mol. The molecule has 2 rings (SSSR count).